The number of fused-ring (bicyclic) bond motifs is 5. The molecule has 0 spiro atoms. The largest absolute Gasteiger partial charge is 2.00 e. The van der Waals surface area contributed by atoms with Gasteiger partial charge in [0.1, 0.15) is 6.29 Å². The van der Waals surface area contributed by atoms with E-state index in [2.05, 4.69) is 37.6 Å². The van der Waals surface area contributed by atoms with Gasteiger partial charge >= 0.3 is 41.6 Å². The molecule has 17 aromatic rings. The molecule has 123 heavy (non-hydrogen) atoms. The zero-order chi connectivity index (χ0) is 85.7. The van der Waals surface area contributed by atoms with Crippen molar-refractivity contribution in [2.45, 2.75) is 50.5 Å². The molecule has 1 saturated heterocycles. The molecule has 628 valence electrons. The summed E-state index contributed by atoms with van der Waals surface area (Å²) in [4.78, 5) is 21.9. The van der Waals surface area contributed by atoms with E-state index in [1.54, 1.807) is 44.6 Å². The van der Waals surface area contributed by atoms with Crippen LogP contribution in [0.15, 0.2) is 334 Å². The Morgan fingerprint density at radius 1 is 0.455 bits per heavy atom. The van der Waals surface area contributed by atoms with E-state index in [4.69, 9.17) is 56.4 Å². The Balaban J connectivity index is 0.000000201. The number of halogens is 14. The molecule has 31 heteroatoms. The van der Waals surface area contributed by atoms with Gasteiger partial charge in [0.2, 0.25) is 5.60 Å². The minimum Gasteiger partial charge on any atom is -1.00 e. The van der Waals surface area contributed by atoms with Gasteiger partial charge in [-0.1, -0.05) is 141 Å². The Morgan fingerprint density at radius 2 is 0.789 bits per heavy atom. The van der Waals surface area contributed by atoms with Gasteiger partial charge in [-0.3, -0.25) is 9.59 Å². The maximum Gasteiger partial charge on any atom is 2.00 e. The van der Waals surface area contributed by atoms with Crippen molar-refractivity contribution in [2.75, 3.05) is 23.9 Å². The summed E-state index contributed by atoms with van der Waals surface area (Å²) in [6, 6.07) is 92.6. The average Bonchev–Trinajstić information content (AvgIpc) is 1.66. The summed E-state index contributed by atoms with van der Waals surface area (Å²) in [6.07, 6.45) is -5.54. The van der Waals surface area contributed by atoms with Crippen LogP contribution in [0.25, 0.3) is 83.0 Å². The molecule has 0 aliphatic carbocycles. The number of alkyl halides is 13. The van der Waals surface area contributed by atoms with E-state index in [9.17, 15) is 59.3 Å². The number of hydrogen-bond acceptors (Lipinski definition) is 11. The number of para-hydroxylation sites is 5. The first-order valence-corrected chi connectivity index (χ1v) is 38.5. The van der Waals surface area contributed by atoms with Crippen molar-refractivity contribution >= 4 is 136 Å². The third kappa shape index (κ3) is 26.3. The van der Waals surface area contributed by atoms with Crippen LogP contribution in [0, 0.1) is 17.4 Å². The van der Waals surface area contributed by atoms with E-state index in [0.717, 1.165) is 69.7 Å². The van der Waals surface area contributed by atoms with Crippen molar-refractivity contribution in [1.29, 1.82) is 5.26 Å². The monoisotopic (exact) mass is 1830 g/mol. The molecule has 6 heterocycles. The Bertz CT molecular complexity index is 6080. The van der Waals surface area contributed by atoms with Gasteiger partial charge in [0, 0.05) is 51.3 Å². The first kappa shape index (κ1) is 98.6. The number of hydrogen-bond donors (Lipinski definition) is 2. The van der Waals surface area contributed by atoms with Crippen LogP contribution in [0.4, 0.5) is 39.5 Å². The smallest absolute Gasteiger partial charge is 1.00 e. The molecule has 5 aromatic heterocycles. The number of nitriles is 1. The normalized spacial score (nSPS) is 12.0. The Hall–Kier alpha value is -11.5. The maximum atomic E-state index is 13.9. The molecule has 16 nitrogen and oxygen atoms in total. The van der Waals surface area contributed by atoms with Gasteiger partial charge in [-0.15, -0.1) is 46.4 Å². The number of aliphatic hydroxyl groups is 2. The number of aromatic nitrogens is 10. The summed E-state index contributed by atoms with van der Waals surface area (Å²) in [7, 11) is 0. The third-order valence-electron chi connectivity index (χ3n) is 17.8. The average molecular weight is 1830 g/mol. The molecular formula is C92H75BrCl4F9MgN11O5. The molecule has 0 radical (unpaired) electrons. The number of aldehydes is 1. The molecule has 1 fully saturated rings. The number of benzene rings is 12. The summed E-state index contributed by atoms with van der Waals surface area (Å²) < 4.78 is 130. The number of rotatable bonds is 10. The maximum absolute atomic E-state index is 13.9. The number of carbonyl (C=O) groups is 2. The minimum atomic E-state index is -4.88. The summed E-state index contributed by atoms with van der Waals surface area (Å²) in [5.74, 6) is -1.85. The Morgan fingerprint density at radius 3 is 1.12 bits per heavy atom. The molecule has 0 bridgehead atoms. The van der Waals surface area contributed by atoms with Crippen molar-refractivity contribution in [1.82, 2.24) is 48.9 Å². The van der Waals surface area contributed by atoms with Crippen molar-refractivity contribution < 1.29 is 81.0 Å². The fraction of sp³-hybridized carbons (Fsp3) is 0.130. The van der Waals surface area contributed by atoms with Crippen LogP contribution < -0.4 is 17.0 Å². The summed E-state index contributed by atoms with van der Waals surface area (Å²) in [5.41, 5.74) is 5.60. The van der Waals surface area contributed by atoms with E-state index in [-0.39, 0.29) is 80.4 Å². The number of ketones is 1. The van der Waals surface area contributed by atoms with Crippen LogP contribution in [-0.2, 0) is 10.3 Å². The van der Waals surface area contributed by atoms with Gasteiger partial charge in [-0.25, -0.2) is 23.4 Å². The molecule has 2 atom stereocenters. The zero-order valence-corrected chi connectivity index (χ0v) is 70.2. The van der Waals surface area contributed by atoms with Crippen LogP contribution in [0.3, 0.4) is 0 Å². The second-order valence-corrected chi connectivity index (χ2v) is 27.2. The molecule has 1 aliphatic rings. The zero-order valence-electron chi connectivity index (χ0n) is 64.2. The Kier molecular flexibility index (Phi) is 38.3. The molecular weight excluding hydrogens is 1760 g/mol. The Labute approximate surface area is 748 Å². The number of aliphatic hydroxyl groups excluding tert-OH is 1. The topological polar surface area (TPSA) is 197 Å². The predicted octanol–water partition coefficient (Wildman–Crippen LogP) is 20.3. The summed E-state index contributed by atoms with van der Waals surface area (Å²) in [6.45, 7) is 2.00. The molecule has 0 saturated carbocycles. The first-order chi connectivity index (χ1) is 57.9. The molecule has 2 unspecified atom stereocenters. The summed E-state index contributed by atoms with van der Waals surface area (Å²) >= 11 is 19.1. The van der Waals surface area contributed by atoms with Crippen LogP contribution >= 0.6 is 46.4 Å². The molecule has 12 aromatic carbocycles. The van der Waals surface area contributed by atoms with Gasteiger partial charge < -0.3 is 31.9 Å². The van der Waals surface area contributed by atoms with Crippen molar-refractivity contribution in [3.8, 4) is 34.5 Å². The van der Waals surface area contributed by atoms with Gasteiger partial charge in [0.05, 0.1) is 109 Å². The first-order valence-electron chi connectivity index (χ1n) is 36.4. The van der Waals surface area contributed by atoms with Gasteiger partial charge in [-0.05, 0) is 169 Å². The third-order valence-corrected chi connectivity index (χ3v) is 17.8. The number of ether oxygens (including phenoxy) is 1. The van der Waals surface area contributed by atoms with E-state index in [0.29, 0.717) is 43.8 Å². The van der Waals surface area contributed by atoms with Gasteiger partial charge in [0.25, 0.3) is 5.78 Å². The number of nitrogens with zero attached hydrogens (tertiary/aromatic N) is 11. The van der Waals surface area contributed by atoms with Crippen LogP contribution in [0.5, 0.6) is 0 Å². The second-order valence-electron chi connectivity index (χ2n) is 25.6. The van der Waals surface area contributed by atoms with Crippen LogP contribution in [-0.4, -0.2) is 137 Å². The second kappa shape index (κ2) is 47.8. The van der Waals surface area contributed by atoms with Crippen molar-refractivity contribution in [3.05, 3.63) is 374 Å². The van der Waals surface area contributed by atoms with E-state index in [1.807, 2.05) is 222 Å². The molecule has 1 aliphatic heterocycles. The van der Waals surface area contributed by atoms with Gasteiger partial charge in [0.15, 0.2) is 6.10 Å². The number of carbonyl (C=O) groups excluding carboxylic acids is 2. The van der Waals surface area contributed by atoms with E-state index < -0.39 is 36.0 Å². The molecule has 2 N–H and O–H groups in total. The van der Waals surface area contributed by atoms with Crippen molar-refractivity contribution in [2.24, 2.45) is 0 Å². The predicted molar refractivity (Wildman–Crippen MR) is 463 cm³/mol. The standard InChI is InChI=1S/C21H15F3N2O.C15H11F3N2O.C15H9F3N2O.C14H9N3.C14H10N2O.C6H5.C4H8O.2CH2Cl2.CH4.BrH.Mg/c22-21(23,24)20(27,16-7-3-1-4-8-16)17-11-12-19-15(13-17)14-25-26(19)18-9-5-2-6-10-18;2*16-15(17,18)14(21)10-6-7-13-11(8-10)9-19-20(13)12-4-2-1-3-5-12;15-9-11-6-7-14-12(8-11)10-16-17(14)13-4-2-1-3-5-13;17-10-11-6-7-14-12(8-11)9-15-16(14)13-4-2-1-3-5-13;1-2-4-6-5-3-1;1-2-4-5-3-1;2*2-1-3;;;/h1-14,27H;1-9,14,21H;1-9H;1-8,10H;1-10H;1-5H;1-4H2;2*1H2;1H4;1H;/q;;;;;-1;;;;;;+2/p-1. The fourth-order valence-corrected chi connectivity index (χ4v) is 12.1. The van der Waals surface area contributed by atoms with Crippen LogP contribution in [0.1, 0.15) is 69.3 Å². The molecule has 18 rings (SSSR count). The number of Topliss-reactive ketones (excluding diaryl/α,β-unsaturated/α-hetero) is 1. The van der Waals surface area contributed by atoms with E-state index in [1.165, 1.54) is 104 Å². The van der Waals surface area contributed by atoms with Crippen LogP contribution in [0.2, 0.25) is 0 Å². The summed E-state index contributed by atoms with van der Waals surface area (Å²) in [5, 5.41) is 54.0. The minimum absolute atomic E-state index is 0. The van der Waals surface area contributed by atoms with Crippen molar-refractivity contribution in [3.63, 3.8) is 0 Å². The fourth-order valence-electron chi connectivity index (χ4n) is 12.1. The van der Waals surface area contributed by atoms with E-state index >= 15 is 0 Å². The van der Waals surface area contributed by atoms with Gasteiger partial charge in [-0.2, -0.15) is 107 Å². The molecule has 0 amide bonds. The quantitative estimate of drug-likeness (QED) is 0.0330. The SMILES string of the molecule is C.C1CCOC1.ClCCl.ClCCl.N#Cc1ccc2c(cnn2-c2ccccc2)c1.O=C(c1ccc2c(cnn2-c2ccccc2)c1)C(F)(F)F.O=Cc1ccc2c(cnn2-c2ccccc2)c1.OC(c1ccc2c(cnn2-c2ccccc2)c1)C(F)(F)F.OC(c1ccccc1)(c1ccc2c(cnn2-c2ccccc2)c1)C(F)(F)F.[Br-].[Mg+2].[c-]1ccccc1.